The Labute approximate surface area is 172 Å². The maximum absolute atomic E-state index is 12.8. The minimum Gasteiger partial charge on any atom is -0.379 e. The normalized spacial score (nSPS) is 14.4. The lowest BCUT2D eigenvalue weighted by atomic mass is 10.1. The molecule has 6 heteroatoms. The van der Waals surface area contributed by atoms with Gasteiger partial charge >= 0.3 is 0 Å². The summed E-state index contributed by atoms with van der Waals surface area (Å²) in [5.74, 6) is -0.391. The zero-order chi connectivity index (χ0) is 20.5. The molecule has 0 bridgehead atoms. The Morgan fingerprint density at radius 3 is 2.62 bits per heavy atom. The van der Waals surface area contributed by atoms with E-state index in [-0.39, 0.29) is 11.8 Å². The topological polar surface area (TPSA) is 70.7 Å². The Hall–Kier alpha value is -2.70. The second-order valence-electron chi connectivity index (χ2n) is 7.20. The minimum atomic E-state index is -0.220. The third-order valence-electron chi connectivity index (χ3n) is 4.93. The van der Waals surface area contributed by atoms with Gasteiger partial charge in [-0.2, -0.15) is 0 Å². The number of hydrogen-bond acceptors (Lipinski definition) is 4. The van der Waals surface area contributed by atoms with Crippen molar-refractivity contribution in [3.8, 4) is 0 Å². The van der Waals surface area contributed by atoms with E-state index >= 15 is 0 Å². The van der Waals surface area contributed by atoms with Gasteiger partial charge in [-0.25, -0.2) is 0 Å². The number of rotatable bonds is 8. The highest BCUT2D eigenvalue weighted by atomic mass is 16.5. The number of carbonyl (C=O) groups excluding carboxylic acids is 2. The number of anilines is 1. The molecule has 2 aromatic carbocycles. The minimum absolute atomic E-state index is 0.171. The number of hydrogen-bond donors (Lipinski definition) is 2. The van der Waals surface area contributed by atoms with Gasteiger partial charge in [0.1, 0.15) is 0 Å². The number of benzene rings is 2. The Morgan fingerprint density at radius 1 is 1.03 bits per heavy atom. The first-order chi connectivity index (χ1) is 14.2. The van der Waals surface area contributed by atoms with Gasteiger partial charge in [-0.1, -0.05) is 37.6 Å². The summed E-state index contributed by atoms with van der Waals surface area (Å²) in [7, 11) is 0. The van der Waals surface area contributed by atoms with Gasteiger partial charge in [0.15, 0.2) is 0 Å². The molecule has 1 heterocycles. The Morgan fingerprint density at radius 2 is 1.83 bits per heavy atom. The molecule has 0 spiro atoms. The van der Waals surface area contributed by atoms with Gasteiger partial charge in [0, 0.05) is 31.7 Å². The molecule has 0 aromatic heterocycles. The van der Waals surface area contributed by atoms with E-state index in [9.17, 15) is 9.59 Å². The Bertz CT molecular complexity index is 832. The van der Waals surface area contributed by atoms with Crippen molar-refractivity contribution in [3.05, 3.63) is 65.2 Å². The van der Waals surface area contributed by atoms with Gasteiger partial charge in [0.05, 0.1) is 24.5 Å². The van der Waals surface area contributed by atoms with Crippen LogP contribution in [-0.4, -0.2) is 49.6 Å². The van der Waals surface area contributed by atoms with Crippen LogP contribution in [0, 0.1) is 0 Å². The molecule has 2 aromatic rings. The molecular weight excluding hydrogens is 366 g/mol. The smallest absolute Gasteiger partial charge is 0.255 e. The van der Waals surface area contributed by atoms with E-state index in [0.717, 1.165) is 51.3 Å². The highest BCUT2D eigenvalue weighted by Crippen LogP contribution is 2.17. The van der Waals surface area contributed by atoms with Crippen LogP contribution in [0.4, 0.5) is 5.69 Å². The quantitative estimate of drug-likeness (QED) is 0.673. The zero-order valence-corrected chi connectivity index (χ0v) is 16.9. The van der Waals surface area contributed by atoms with Crippen molar-refractivity contribution in [3.63, 3.8) is 0 Å². The molecular formula is C23H29N3O3. The fourth-order valence-electron chi connectivity index (χ4n) is 3.29. The highest BCUT2D eigenvalue weighted by Gasteiger charge is 2.15. The lowest BCUT2D eigenvalue weighted by molar-refractivity contribution is 0.0342. The zero-order valence-electron chi connectivity index (χ0n) is 16.9. The largest absolute Gasteiger partial charge is 0.379 e. The maximum atomic E-state index is 12.8. The summed E-state index contributed by atoms with van der Waals surface area (Å²) in [4.78, 5) is 27.6. The van der Waals surface area contributed by atoms with Crippen molar-refractivity contribution < 1.29 is 14.3 Å². The van der Waals surface area contributed by atoms with E-state index < -0.39 is 0 Å². The van der Waals surface area contributed by atoms with Crippen molar-refractivity contribution in [2.75, 3.05) is 38.2 Å². The summed E-state index contributed by atoms with van der Waals surface area (Å²) in [6, 6.07) is 14.7. The van der Waals surface area contributed by atoms with Gasteiger partial charge in [-0.3, -0.25) is 14.5 Å². The lowest BCUT2D eigenvalue weighted by Crippen LogP contribution is -2.35. The molecule has 6 nitrogen and oxygen atoms in total. The number of nitrogens with one attached hydrogen (secondary N) is 2. The van der Waals surface area contributed by atoms with Crippen LogP contribution < -0.4 is 10.6 Å². The van der Waals surface area contributed by atoms with E-state index in [2.05, 4.69) is 22.5 Å². The first-order valence-electron chi connectivity index (χ1n) is 10.2. The average molecular weight is 396 g/mol. The van der Waals surface area contributed by atoms with Crippen LogP contribution >= 0.6 is 0 Å². The van der Waals surface area contributed by atoms with Gasteiger partial charge < -0.3 is 15.4 Å². The predicted molar refractivity (Wildman–Crippen MR) is 114 cm³/mol. The second-order valence-corrected chi connectivity index (χ2v) is 7.20. The molecule has 0 unspecified atom stereocenters. The first-order valence-corrected chi connectivity index (χ1v) is 10.2. The standard InChI is InChI=1S/C23H29N3O3/c1-2-3-11-24-23(28)20-9-4-5-10-21(20)25-22(27)19-8-6-7-18(16-19)17-26-12-14-29-15-13-26/h4-10,16H,2-3,11-15,17H2,1H3,(H,24,28)(H,25,27). The lowest BCUT2D eigenvalue weighted by Gasteiger charge is -2.26. The number of ether oxygens (including phenoxy) is 1. The van der Waals surface area contributed by atoms with Crippen LogP contribution in [-0.2, 0) is 11.3 Å². The summed E-state index contributed by atoms with van der Waals surface area (Å²) >= 11 is 0. The number of carbonyl (C=O) groups is 2. The van der Waals surface area contributed by atoms with Crippen molar-refractivity contribution >= 4 is 17.5 Å². The molecule has 3 rings (SSSR count). The van der Waals surface area contributed by atoms with Crippen LogP contribution in [0.3, 0.4) is 0 Å². The summed E-state index contributed by atoms with van der Waals surface area (Å²) < 4.78 is 5.39. The molecule has 154 valence electrons. The average Bonchev–Trinajstić information content (AvgIpc) is 2.75. The molecule has 2 amide bonds. The molecule has 29 heavy (non-hydrogen) atoms. The summed E-state index contributed by atoms with van der Waals surface area (Å²) in [6.07, 6.45) is 1.94. The van der Waals surface area contributed by atoms with Crippen molar-refractivity contribution in [1.82, 2.24) is 10.2 Å². The van der Waals surface area contributed by atoms with Gasteiger partial charge in [0.25, 0.3) is 11.8 Å². The van der Waals surface area contributed by atoms with Gasteiger partial charge in [0.2, 0.25) is 0 Å². The molecule has 1 fully saturated rings. The van der Waals surface area contributed by atoms with Gasteiger partial charge in [-0.15, -0.1) is 0 Å². The summed E-state index contributed by atoms with van der Waals surface area (Å²) in [5, 5.41) is 5.80. The van der Waals surface area contributed by atoms with Gasteiger partial charge in [-0.05, 0) is 36.2 Å². The van der Waals surface area contributed by atoms with E-state index in [0.29, 0.717) is 23.4 Å². The maximum Gasteiger partial charge on any atom is 0.255 e. The van der Waals surface area contributed by atoms with Crippen molar-refractivity contribution in [2.45, 2.75) is 26.3 Å². The predicted octanol–water partition coefficient (Wildman–Crippen LogP) is 3.30. The van der Waals surface area contributed by atoms with Crippen LogP contribution in [0.5, 0.6) is 0 Å². The van der Waals surface area contributed by atoms with Crippen LogP contribution in [0.2, 0.25) is 0 Å². The molecule has 0 radical (unpaired) electrons. The van der Waals surface area contributed by atoms with Crippen LogP contribution in [0.15, 0.2) is 48.5 Å². The van der Waals surface area contributed by atoms with Crippen molar-refractivity contribution in [1.29, 1.82) is 0 Å². The number of amides is 2. The molecule has 1 aliphatic rings. The fourth-order valence-corrected chi connectivity index (χ4v) is 3.29. The SMILES string of the molecule is CCCCNC(=O)c1ccccc1NC(=O)c1cccc(CN2CCOCC2)c1. The van der Waals surface area contributed by atoms with Crippen LogP contribution in [0.25, 0.3) is 0 Å². The van der Waals surface area contributed by atoms with E-state index in [1.54, 1.807) is 24.3 Å². The monoisotopic (exact) mass is 395 g/mol. The highest BCUT2D eigenvalue weighted by molar-refractivity contribution is 6.09. The number of nitrogens with zero attached hydrogens (tertiary/aromatic N) is 1. The fraction of sp³-hybridized carbons (Fsp3) is 0.391. The molecule has 1 saturated heterocycles. The third-order valence-corrected chi connectivity index (χ3v) is 4.93. The van der Waals surface area contributed by atoms with Crippen LogP contribution in [0.1, 0.15) is 46.0 Å². The number of para-hydroxylation sites is 1. The molecule has 0 atom stereocenters. The summed E-state index contributed by atoms with van der Waals surface area (Å²) in [6.45, 7) is 6.79. The second kappa shape index (κ2) is 10.7. The Balaban J connectivity index is 1.67. The van der Waals surface area contributed by atoms with E-state index in [1.807, 2.05) is 24.3 Å². The summed E-state index contributed by atoms with van der Waals surface area (Å²) in [5.41, 5.74) is 2.66. The van der Waals surface area contributed by atoms with E-state index in [1.165, 1.54) is 0 Å². The first kappa shape index (κ1) is 21.0. The third kappa shape index (κ3) is 6.14. The Kier molecular flexibility index (Phi) is 7.78. The molecule has 0 aliphatic carbocycles. The van der Waals surface area contributed by atoms with Crippen molar-refractivity contribution in [2.24, 2.45) is 0 Å². The molecule has 0 saturated carbocycles. The van der Waals surface area contributed by atoms with E-state index in [4.69, 9.17) is 4.74 Å². The molecule has 2 N–H and O–H groups in total. The number of unbranched alkanes of at least 4 members (excludes halogenated alkanes) is 1. The molecule has 1 aliphatic heterocycles. The number of morpholine rings is 1.